The SMILES string of the molecule is CCCCCN1CCCC[I-]1. The maximum absolute atomic E-state index is 2.73. The van der Waals surface area contributed by atoms with E-state index in [4.69, 9.17) is 0 Å². The molecule has 1 fully saturated rings. The quantitative estimate of drug-likeness (QED) is 0.281. The molecule has 0 aromatic carbocycles. The van der Waals surface area contributed by atoms with Crippen molar-refractivity contribution in [3.63, 3.8) is 0 Å². The molecule has 0 amide bonds. The summed E-state index contributed by atoms with van der Waals surface area (Å²) in [6.45, 7) is 5.10. The molecule has 1 aliphatic rings. The van der Waals surface area contributed by atoms with Crippen LogP contribution in [0.4, 0.5) is 0 Å². The van der Waals surface area contributed by atoms with Crippen molar-refractivity contribution in [2.45, 2.75) is 39.0 Å². The van der Waals surface area contributed by atoms with Crippen LogP contribution in [0, 0.1) is 0 Å². The van der Waals surface area contributed by atoms with Crippen LogP contribution in [0.5, 0.6) is 0 Å². The molecule has 1 nitrogen and oxygen atoms in total. The fourth-order valence-corrected chi connectivity index (χ4v) is 4.25. The summed E-state index contributed by atoms with van der Waals surface area (Å²) < 4.78 is 4.28. The minimum absolute atomic E-state index is 0.464. The van der Waals surface area contributed by atoms with E-state index in [1.165, 1.54) is 45.2 Å². The fourth-order valence-electron chi connectivity index (χ4n) is 1.32. The van der Waals surface area contributed by atoms with Gasteiger partial charge in [0.25, 0.3) is 0 Å². The second kappa shape index (κ2) is 6.23. The van der Waals surface area contributed by atoms with Gasteiger partial charge in [0.05, 0.1) is 0 Å². The van der Waals surface area contributed by atoms with Gasteiger partial charge in [0.2, 0.25) is 0 Å². The Balaban J connectivity index is 1.96. The van der Waals surface area contributed by atoms with Gasteiger partial charge in [0.15, 0.2) is 0 Å². The zero-order valence-electron chi connectivity index (χ0n) is 7.48. The molecular weight excluding hydrogens is 249 g/mol. The van der Waals surface area contributed by atoms with Gasteiger partial charge in [0, 0.05) is 0 Å². The number of hydrogen-bond acceptors (Lipinski definition) is 1. The molecule has 0 atom stereocenters. The second-order valence-electron chi connectivity index (χ2n) is 3.13. The number of halogens is 1. The summed E-state index contributed by atoms with van der Waals surface area (Å²) in [5, 5.41) is 0. The Kier molecular flexibility index (Phi) is 5.54. The van der Waals surface area contributed by atoms with E-state index in [2.05, 4.69) is 10.0 Å². The van der Waals surface area contributed by atoms with Crippen molar-refractivity contribution in [3.05, 3.63) is 0 Å². The van der Waals surface area contributed by atoms with Gasteiger partial charge in [-0.3, -0.25) is 0 Å². The first-order chi connectivity index (χ1) is 5.43. The van der Waals surface area contributed by atoms with Gasteiger partial charge >= 0.3 is 81.1 Å². The van der Waals surface area contributed by atoms with E-state index in [0.29, 0.717) is 21.5 Å². The molecule has 1 rings (SSSR count). The Bertz CT molecular complexity index is 89.6. The monoisotopic (exact) mass is 268 g/mol. The number of unbranched alkanes of at least 4 members (excludes halogenated alkanes) is 2. The molecule has 0 unspecified atom stereocenters. The van der Waals surface area contributed by atoms with Crippen LogP contribution in [-0.4, -0.2) is 20.6 Å². The van der Waals surface area contributed by atoms with Crippen LogP contribution in [0.3, 0.4) is 0 Å². The summed E-state index contributed by atoms with van der Waals surface area (Å²) in [5.74, 6) is 0. The Morgan fingerprint density at radius 1 is 1.27 bits per heavy atom. The minimum atomic E-state index is 0.464. The first-order valence-corrected chi connectivity index (χ1v) is 7.27. The van der Waals surface area contributed by atoms with Crippen molar-refractivity contribution in [2.24, 2.45) is 0 Å². The van der Waals surface area contributed by atoms with Gasteiger partial charge in [-0.25, -0.2) is 0 Å². The van der Waals surface area contributed by atoms with Crippen LogP contribution in [0.1, 0.15) is 39.0 Å². The van der Waals surface area contributed by atoms with E-state index in [9.17, 15) is 0 Å². The van der Waals surface area contributed by atoms with Gasteiger partial charge in [-0.05, 0) is 0 Å². The van der Waals surface area contributed by atoms with Crippen molar-refractivity contribution < 1.29 is 21.5 Å². The van der Waals surface area contributed by atoms with Crippen molar-refractivity contribution in [1.29, 1.82) is 0 Å². The molecule has 0 aromatic rings. The number of hydrogen-bond donors (Lipinski definition) is 0. The molecule has 2 heteroatoms. The first-order valence-electron chi connectivity index (χ1n) is 4.78. The predicted molar refractivity (Wildman–Crippen MR) is 45.2 cm³/mol. The molecular formula is C9H19IN-. The topological polar surface area (TPSA) is 3.24 Å². The van der Waals surface area contributed by atoms with Gasteiger partial charge < -0.3 is 0 Å². The Labute approximate surface area is 81.2 Å². The molecule has 0 N–H and O–H groups in total. The molecule has 1 heterocycles. The Morgan fingerprint density at radius 3 is 2.82 bits per heavy atom. The van der Waals surface area contributed by atoms with Crippen LogP contribution in [0.15, 0.2) is 0 Å². The molecule has 0 radical (unpaired) electrons. The summed E-state index contributed by atoms with van der Waals surface area (Å²) in [4.78, 5) is 0. The first kappa shape index (κ1) is 9.78. The number of nitrogens with zero attached hydrogens (tertiary/aromatic N) is 1. The van der Waals surface area contributed by atoms with E-state index in [-0.39, 0.29) is 0 Å². The molecule has 0 aliphatic carbocycles. The third-order valence-electron chi connectivity index (χ3n) is 2.04. The van der Waals surface area contributed by atoms with Gasteiger partial charge in [-0.1, -0.05) is 0 Å². The van der Waals surface area contributed by atoms with Crippen LogP contribution in [-0.2, 0) is 0 Å². The van der Waals surface area contributed by atoms with Crippen molar-refractivity contribution in [3.8, 4) is 0 Å². The second-order valence-corrected chi connectivity index (χ2v) is 6.26. The third-order valence-corrected chi connectivity index (χ3v) is 5.22. The zero-order valence-corrected chi connectivity index (χ0v) is 9.64. The number of rotatable bonds is 4. The summed E-state index contributed by atoms with van der Waals surface area (Å²) >= 11 is 0.464. The summed E-state index contributed by atoms with van der Waals surface area (Å²) in [7, 11) is 0. The van der Waals surface area contributed by atoms with E-state index < -0.39 is 0 Å². The van der Waals surface area contributed by atoms with Gasteiger partial charge in [0.1, 0.15) is 0 Å². The summed E-state index contributed by atoms with van der Waals surface area (Å²) in [6.07, 6.45) is 7.21. The van der Waals surface area contributed by atoms with Crippen LogP contribution < -0.4 is 21.5 Å². The average molecular weight is 268 g/mol. The zero-order chi connectivity index (χ0) is 7.94. The molecule has 0 aromatic heterocycles. The van der Waals surface area contributed by atoms with Crippen LogP contribution in [0.25, 0.3) is 0 Å². The van der Waals surface area contributed by atoms with Gasteiger partial charge in [-0.15, -0.1) is 0 Å². The molecule has 0 spiro atoms. The van der Waals surface area contributed by atoms with Crippen molar-refractivity contribution in [2.75, 3.05) is 17.5 Å². The van der Waals surface area contributed by atoms with E-state index in [1.54, 1.807) is 4.43 Å². The molecule has 11 heavy (non-hydrogen) atoms. The van der Waals surface area contributed by atoms with E-state index in [0.717, 1.165) is 0 Å². The summed E-state index contributed by atoms with van der Waals surface area (Å²) in [6, 6.07) is 0. The predicted octanol–water partition coefficient (Wildman–Crippen LogP) is -0.724. The summed E-state index contributed by atoms with van der Waals surface area (Å²) in [5.41, 5.74) is 0. The Hall–Kier alpha value is 0.690. The van der Waals surface area contributed by atoms with Crippen molar-refractivity contribution in [1.82, 2.24) is 3.11 Å². The van der Waals surface area contributed by atoms with Crippen LogP contribution >= 0.6 is 0 Å². The Morgan fingerprint density at radius 2 is 2.18 bits per heavy atom. The molecule has 1 saturated heterocycles. The molecule has 0 saturated carbocycles. The molecule has 1 aliphatic heterocycles. The molecule has 0 bridgehead atoms. The standard InChI is InChI=1S/C9H19IN/c1-2-3-5-8-11-9-6-4-7-10-11/h2-9H2,1H3/q-1. The third kappa shape index (κ3) is 4.31. The van der Waals surface area contributed by atoms with E-state index in [1.807, 2.05) is 0 Å². The average Bonchev–Trinajstić information content (AvgIpc) is 2.07. The normalized spacial score (nSPS) is 21.2. The number of alkyl halides is 1. The van der Waals surface area contributed by atoms with Crippen molar-refractivity contribution >= 4 is 0 Å². The van der Waals surface area contributed by atoms with Gasteiger partial charge in [-0.2, -0.15) is 0 Å². The maximum atomic E-state index is 2.73. The molecule has 68 valence electrons. The van der Waals surface area contributed by atoms with E-state index >= 15 is 0 Å². The fraction of sp³-hybridized carbons (Fsp3) is 1.00. The van der Waals surface area contributed by atoms with Crippen LogP contribution in [0.2, 0.25) is 0 Å².